The van der Waals surface area contributed by atoms with E-state index >= 15 is 0 Å². The first-order valence-corrected chi connectivity index (χ1v) is 7.72. The van der Waals surface area contributed by atoms with E-state index in [9.17, 15) is 8.42 Å². The van der Waals surface area contributed by atoms with Crippen molar-refractivity contribution < 1.29 is 8.42 Å². The van der Waals surface area contributed by atoms with Crippen molar-refractivity contribution in [3.05, 3.63) is 28.2 Å². The van der Waals surface area contributed by atoms with Gasteiger partial charge < -0.3 is 5.73 Å². The molecule has 0 spiro atoms. The number of hydrogen-bond acceptors (Lipinski definition) is 3. The van der Waals surface area contributed by atoms with Crippen LogP contribution >= 0.6 is 15.9 Å². The highest BCUT2D eigenvalue weighted by Gasteiger charge is 2.36. The molecular formula is C11H15BrN2O2S. The molecule has 1 aromatic carbocycles. The Labute approximate surface area is 110 Å². The fourth-order valence-corrected chi connectivity index (χ4v) is 4.00. The van der Waals surface area contributed by atoms with Crippen LogP contribution in [-0.4, -0.2) is 14.5 Å². The van der Waals surface area contributed by atoms with Gasteiger partial charge in [0.05, 0.1) is 4.90 Å². The number of nitrogens with one attached hydrogen (secondary N) is 1. The van der Waals surface area contributed by atoms with E-state index in [1.165, 1.54) is 0 Å². The third-order valence-corrected chi connectivity index (χ3v) is 5.42. The monoisotopic (exact) mass is 318 g/mol. The lowest BCUT2D eigenvalue weighted by atomic mass is 10.2. The van der Waals surface area contributed by atoms with Gasteiger partial charge in [-0.1, -0.05) is 13.0 Å². The first-order chi connectivity index (χ1) is 7.94. The van der Waals surface area contributed by atoms with Crippen LogP contribution in [0.1, 0.15) is 18.9 Å². The second kappa shape index (κ2) is 4.68. The SMILES string of the molecule is CC1CC1NS(=O)(=O)c1cc(CN)ccc1Br. The Hall–Kier alpha value is -0.430. The van der Waals surface area contributed by atoms with Crippen LogP contribution in [0.15, 0.2) is 27.6 Å². The van der Waals surface area contributed by atoms with Gasteiger partial charge in [-0.15, -0.1) is 0 Å². The Morgan fingerprint density at radius 3 is 2.71 bits per heavy atom. The number of rotatable bonds is 4. The zero-order chi connectivity index (χ0) is 12.6. The highest BCUT2D eigenvalue weighted by atomic mass is 79.9. The normalized spacial score (nSPS) is 23.7. The van der Waals surface area contributed by atoms with Crippen molar-refractivity contribution in [3.8, 4) is 0 Å². The lowest BCUT2D eigenvalue weighted by molar-refractivity contribution is 0.577. The largest absolute Gasteiger partial charge is 0.326 e. The molecule has 0 bridgehead atoms. The Balaban J connectivity index is 2.31. The first kappa shape index (κ1) is 13.0. The number of halogens is 1. The van der Waals surface area contributed by atoms with Crippen molar-refractivity contribution in [3.63, 3.8) is 0 Å². The molecule has 94 valence electrons. The average Bonchev–Trinajstić information content (AvgIpc) is 2.93. The molecule has 17 heavy (non-hydrogen) atoms. The van der Waals surface area contributed by atoms with Gasteiger partial charge in [0.15, 0.2) is 0 Å². The van der Waals surface area contributed by atoms with Crippen molar-refractivity contribution in [2.24, 2.45) is 11.7 Å². The molecule has 1 saturated carbocycles. The molecule has 0 radical (unpaired) electrons. The van der Waals surface area contributed by atoms with E-state index in [-0.39, 0.29) is 10.9 Å². The van der Waals surface area contributed by atoms with Crippen molar-refractivity contribution in [2.45, 2.75) is 30.8 Å². The Bertz CT molecular complexity index is 530. The fraction of sp³-hybridized carbons (Fsp3) is 0.455. The number of benzene rings is 1. The highest BCUT2D eigenvalue weighted by Crippen LogP contribution is 2.32. The second-order valence-corrected chi connectivity index (χ2v) is 6.95. The third-order valence-electron chi connectivity index (χ3n) is 2.94. The zero-order valence-corrected chi connectivity index (χ0v) is 11.9. The maximum absolute atomic E-state index is 12.1. The van der Waals surface area contributed by atoms with E-state index in [0.717, 1.165) is 12.0 Å². The first-order valence-electron chi connectivity index (χ1n) is 5.45. The summed E-state index contributed by atoms with van der Waals surface area (Å²) in [5, 5.41) is 0. The van der Waals surface area contributed by atoms with Crippen LogP contribution in [0.4, 0.5) is 0 Å². The Morgan fingerprint density at radius 2 is 2.18 bits per heavy atom. The number of nitrogens with two attached hydrogens (primary N) is 1. The maximum atomic E-state index is 12.1. The molecule has 2 rings (SSSR count). The summed E-state index contributed by atoms with van der Waals surface area (Å²) < 4.78 is 27.5. The Morgan fingerprint density at radius 1 is 1.53 bits per heavy atom. The molecule has 2 unspecified atom stereocenters. The minimum absolute atomic E-state index is 0.0773. The molecule has 0 aliphatic heterocycles. The van der Waals surface area contributed by atoms with E-state index < -0.39 is 10.0 Å². The van der Waals surface area contributed by atoms with Gasteiger partial charge in [-0.25, -0.2) is 13.1 Å². The number of sulfonamides is 1. The molecule has 1 aliphatic carbocycles. The smallest absolute Gasteiger partial charge is 0.241 e. The zero-order valence-electron chi connectivity index (χ0n) is 9.48. The average molecular weight is 319 g/mol. The second-order valence-electron chi connectivity index (χ2n) is 4.41. The molecule has 0 aromatic heterocycles. The summed E-state index contributed by atoms with van der Waals surface area (Å²) in [6, 6.07) is 5.21. The van der Waals surface area contributed by atoms with E-state index in [2.05, 4.69) is 20.7 Å². The molecular weight excluding hydrogens is 304 g/mol. The highest BCUT2D eigenvalue weighted by molar-refractivity contribution is 9.10. The molecule has 0 amide bonds. The van der Waals surface area contributed by atoms with Crippen LogP contribution in [0.3, 0.4) is 0 Å². The summed E-state index contributed by atoms with van der Waals surface area (Å²) in [5.41, 5.74) is 6.32. The van der Waals surface area contributed by atoms with Crippen molar-refractivity contribution in [1.82, 2.24) is 4.72 Å². The maximum Gasteiger partial charge on any atom is 0.241 e. The van der Waals surface area contributed by atoms with Crippen LogP contribution in [0.25, 0.3) is 0 Å². The van der Waals surface area contributed by atoms with Gasteiger partial charge >= 0.3 is 0 Å². The van der Waals surface area contributed by atoms with Gasteiger partial charge in [0.2, 0.25) is 10.0 Å². The van der Waals surface area contributed by atoms with Gasteiger partial charge in [-0.05, 0) is 46.0 Å². The van der Waals surface area contributed by atoms with Gasteiger partial charge in [0, 0.05) is 17.1 Å². The van der Waals surface area contributed by atoms with Crippen molar-refractivity contribution in [2.75, 3.05) is 0 Å². The predicted octanol–water partition coefficient (Wildman–Crippen LogP) is 1.59. The van der Waals surface area contributed by atoms with Crippen LogP contribution < -0.4 is 10.5 Å². The molecule has 1 aliphatic rings. The summed E-state index contributed by atoms with van der Waals surface area (Å²) in [7, 11) is -3.45. The van der Waals surface area contributed by atoms with Crippen molar-refractivity contribution in [1.29, 1.82) is 0 Å². The van der Waals surface area contributed by atoms with Gasteiger partial charge in [0.25, 0.3) is 0 Å². The Kier molecular flexibility index (Phi) is 3.58. The van der Waals surface area contributed by atoms with E-state index in [4.69, 9.17) is 5.73 Å². The summed E-state index contributed by atoms with van der Waals surface area (Å²) in [4.78, 5) is 0.263. The molecule has 1 fully saturated rings. The fourth-order valence-electron chi connectivity index (χ4n) is 1.63. The quantitative estimate of drug-likeness (QED) is 0.885. The van der Waals surface area contributed by atoms with Crippen molar-refractivity contribution >= 4 is 26.0 Å². The van der Waals surface area contributed by atoms with Gasteiger partial charge in [0.1, 0.15) is 0 Å². The van der Waals surface area contributed by atoms with Crippen LogP contribution in [0.2, 0.25) is 0 Å². The van der Waals surface area contributed by atoms with E-state index in [1.807, 2.05) is 13.0 Å². The molecule has 4 nitrogen and oxygen atoms in total. The summed E-state index contributed by atoms with van der Waals surface area (Å²) in [6.45, 7) is 2.36. The number of hydrogen-bond donors (Lipinski definition) is 2. The predicted molar refractivity (Wildman–Crippen MR) is 69.9 cm³/mol. The minimum atomic E-state index is -3.45. The molecule has 6 heteroatoms. The van der Waals surface area contributed by atoms with E-state index in [0.29, 0.717) is 16.9 Å². The molecule has 3 N–H and O–H groups in total. The van der Waals surface area contributed by atoms with Crippen LogP contribution in [0.5, 0.6) is 0 Å². The van der Waals surface area contributed by atoms with E-state index in [1.54, 1.807) is 12.1 Å². The lowest BCUT2D eigenvalue weighted by Gasteiger charge is -2.09. The van der Waals surface area contributed by atoms with Crippen LogP contribution in [0, 0.1) is 5.92 Å². The standard InChI is InChI=1S/C11H15BrN2O2S/c1-7-4-10(7)14-17(15,16)11-5-8(6-13)2-3-9(11)12/h2-3,5,7,10,14H,4,6,13H2,1H3. The summed E-state index contributed by atoms with van der Waals surface area (Å²) in [6.07, 6.45) is 0.910. The minimum Gasteiger partial charge on any atom is -0.326 e. The molecule has 0 saturated heterocycles. The lowest BCUT2D eigenvalue weighted by Crippen LogP contribution is -2.27. The molecule has 2 atom stereocenters. The molecule has 1 aromatic rings. The molecule has 0 heterocycles. The van der Waals surface area contributed by atoms with Crippen LogP contribution in [-0.2, 0) is 16.6 Å². The third kappa shape index (κ3) is 2.88. The topological polar surface area (TPSA) is 72.2 Å². The summed E-state index contributed by atoms with van der Waals surface area (Å²) >= 11 is 3.26. The summed E-state index contributed by atoms with van der Waals surface area (Å²) in [5.74, 6) is 0.432. The van der Waals surface area contributed by atoms with Gasteiger partial charge in [-0.3, -0.25) is 0 Å². The van der Waals surface area contributed by atoms with Gasteiger partial charge in [-0.2, -0.15) is 0 Å².